The van der Waals surface area contributed by atoms with Crippen LogP contribution in [0.5, 0.6) is 0 Å². The van der Waals surface area contributed by atoms with Gasteiger partial charge in [-0.1, -0.05) is 23.7 Å². The Kier molecular flexibility index (Phi) is 6.45. The molecular weight excluding hydrogens is 316 g/mol. The summed E-state index contributed by atoms with van der Waals surface area (Å²) in [4.78, 5) is 23.8. The van der Waals surface area contributed by atoms with Gasteiger partial charge < -0.3 is 15.4 Å². The van der Waals surface area contributed by atoms with Gasteiger partial charge in [-0.3, -0.25) is 4.79 Å². The highest BCUT2D eigenvalue weighted by atomic mass is 35.5. The Balaban J connectivity index is 2.44. The Morgan fingerprint density at radius 2 is 1.65 bits per heavy atom. The molecule has 0 saturated carbocycles. The lowest BCUT2D eigenvalue weighted by atomic mass is 10.1. The quantitative estimate of drug-likeness (QED) is 0.864. The van der Waals surface area contributed by atoms with Crippen LogP contribution in [0.15, 0.2) is 24.3 Å². The zero-order valence-electron chi connectivity index (χ0n) is 14.3. The van der Waals surface area contributed by atoms with Crippen LogP contribution in [-0.2, 0) is 16.0 Å². The van der Waals surface area contributed by atoms with Crippen molar-refractivity contribution in [2.75, 3.05) is 6.54 Å². The number of alkyl carbamates (subject to hydrolysis) is 1. The Bertz CT molecular complexity index is 548. The van der Waals surface area contributed by atoms with Crippen molar-refractivity contribution in [1.82, 2.24) is 10.6 Å². The van der Waals surface area contributed by atoms with Crippen LogP contribution in [0.4, 0.5) is 4.79 Å². The zero-order chi connectivity index (χ0) is 17.7. The van der Waals surface area contributed by atoms with Gasteiger partial charge in [0.2, 0.25) is 5.91 Å². The van der Waals surface area contributed by atoms with E-state index in [0.717, 1.165) is 5.56 Å². The van der Waals surface area contributed by atoms with Crippen molar-refractivity contribution >= 4 is 23.6 Å². The fourth-order valence-electron chi connectivity index (χ4n) is 1.79. The molecule has 0 bridgehead atoms. The highest BCUT2D eigenvalue weighted by Crippen LogP contribution is 2.11. The van der Waals surface area contributed by atoms with E-state index >= 15 is 0 Å². The second-order valence-electron chi connectivity index (χ2n) is 7.09. The fourth-order valence-corrected chi connectivity index (χ4v) is 1.92. The fraction of sp³-hybridized carbons (Fsp3) is 0.529. The predicted molar refractivity (Wildman–Crippen MR) is 91.6 cm³/mol. The maximum atomic E-state index is 12.0. The molecule has 0 aliphatic rings. The van der Waals surface area contributed by atoms with E-state index in [-0.39, 0.29) is 12.3 Å². The lowest BCUT2D eigenvalue weighted by molar-refractivity contribution is -0.120. The van der Waals surface area contributed by atoms with Crippen LogP contribution in [0.25, 0.3) is 0 Å². The van der Waals surface area contributed by atoms with Crippen molar-refractivity contribution < 1.29 is 14.3 Å². The number of hydrogen-bond donors (Lipinski definition) is 2. The second kappa shape index (κ2) is 7.68. The van der Waals surface area contributed by atoms with Gasteiger partial charge in [-0.25, -0.2) is 4.79 Å². The molecule has 0 unspecified atom stereocenters. The van der Waals surface area contributed by atoms with Crippen molar-refractivity contribution in [3.05, 3.63) is 34.9 Å². The molecule has 1 aromatic carbocycles. The third-order valence-corrected chi connectivity index (χ3v) is 3.10. The third kappa shape index (κ3) is 8.45. The van der Waals surface area contributed by atoms with E-state index in [9.17, 15) is 9.59 Å². The molecule has 0 saturated heterocycles. The van der Waals surface area contributed by atoms with Crippen LogP contribution >= 0.6 is 11.6 Å². The molecule has 128 valence electrons. The summed E-state index contributed by atoms with van der Waals surface area (Å²) in [6, 6.07) is 7.12. The number of hydrogen-bond acceptors (Lipinski definition) is 3. The lowest BCUT2D eigenvalue weighted by Gasteiger charge is -2.28. The molecular formula is C17H25ClN2O3. The van der Waals surface area contributed by atoms with Gasteiger partial charge in [0.05, 0.1) is 12.0 Å². The molecule has 2 amide bonds. The van der Waals surface area contributed by atoms with Crippen molar-refractivity contribution in [2.24, 2.45) is 0 Å². The Morgan fingerprint density at radius 1 is 1.09 bits per heavy atom. The van der Waals surface area contributed by atoms with Gasteiger partial charge in [0, 0.05) is 11.6 Å². The van der Waals surface area contributed by atoms with Gasteiger partial charge in [0.1, 0.15) is 5.60 Å². The summed E-state index contributed by atoms with van der Waals surface area (Å²) < 4.78 is 5.21. The van der Waals surface area contributed by atoms with Crippen LogP contribution in [0.2, 0.25) is 5.02 Å². The number of ether oxygens (including phenoxy) is 1. The van der Waals surface area contributed by atoms with E-state index in [4.69, 9.17) is 16.3 Å². The first kappa shape index (κ1) is 19.3. The first-order valence-corrected chi connectivity index (χ1v) is 7.87. The predicted octanol–water partition coefficient (Wildman–Crippen LogP) is 3.30. The Hall–Kier alpha value is -1.75. The van der Waals surface area contributed by atoms with Crippen molar-refractivity contribution in [1.29, 1.82) is 0 Å². The van der Waals surface area contributed by atoms with Crippen molar-refractivity contribution in [3.63, 3.8) is 0 Å². The smallest absolute Gasteiger partial charge is 0.408 e. The maximum absolute atomic E-state index is 12.0. The number of amides is 2. The molecule has 0 heterocycles. The standard InChI is InChI=1S/C17H25ClN2O3/c1-16(2,3)23-15(22)20-17(4,5)11-19-14(21)10-12-6-8-13(18)9-7-12/h6-9H,10-11H2,1-5H3,(H,19,21)(H,20,22). The lowest BCUT2D eigenvalue weighted by Crippen LogP contribution is -2.52. The minimum atomic E-state index is -0.613. The average molecular weight is 341 g/mol. The minimum Gasteiger partial charge on any atom is -0.444 e. The van der Waals surface area contributed by atoms with Gasteiger partial charge in [0.25, 0.3) is 0 Å². The zero-order valence-corrected chi connectivity index (χ0v) is 15.1. The van der Waals surface area contributed by atoms with Crippen LogP contribution in [0, 0.1) is 0 Å². The summed E-state index contributed by atoms with van der Waals surface area (Å²) in [6.45, 7) is 9.34. The monoisotopic (exact) mass is 340 g/mol. The van der Waals surface area contributed by atoms with Gasteiger partial charge in [-0.05, 0) is 52.3 Å². The minimum absolute atomic E-state index is 0.119. The van der Waals surface area contributed by atoms with Crippen molar-refractivity contribution in [2.45, 2.75) is 52.2 Å². The normalized spacial score (nSPS) is 11.7. The number of benzene rings is 1. The SMILES string of the molecule is CC(C)(CNC(=O)Cc1ccc(Cl)cc1)NC(=O)OC(C)(C)C. The molecule has 0 aromatic heterocycles. The summed E-state index contributed by atoms with van der Waals surface area (Å²) in [6.07, 6.45) is -0.242. The largest absolute Gasteiger partial charge is 0.444 e. The molecule has 0 radical (unpaired) electrons. The first-order valence-electron chi connectivity index (χ1n) is 7.49. The molecule has 0 atom stereocenters. The average Bonchev–Trinajstić information content (AvgIpc) is 2.36. The van der Waals surface area contributed by atoms with Gasteiger partial charge in [-0.2, -0.15) is 0 Å². The number of carbonyl (C=O) groups is 2. The topological polar surface area (TPSA) is 67.4 Å². The van der Waals surface area contributed by atoms with Crippen LogP contribution < -0.4 is 10.6 Å². The van der Waals surface area contributed by atoms with Crippen LogP contribution in [-0.4, -0.2) is 29.7 Å². The summed E-state index contributed by atoms with van der Waals surface area (Å²) >= 11 is 5.81. The van der Waals surface area contributed by atoms with E-state index in [1.165, 1.54) is 0 Å². The molecule has 2 N–H and O–H groups in total. The molecule has 23 heavy (non-hydrogen) atoms. The summed E-state index contributed by atoms with van der Waals surface area (Å²) in [7, 11) is 0. The molecule has 0 spiro atoms. The maximum Gasteiger partial charge on any atom is 0.408 e. The van der Waals surface area contributed by atoms with E-state index in [0.29, 0.717) is 11.6 Å². The van der Waals surface area contributed by atoms with Crippen LogP contribution in [0.3, 0.4) is 0 Å². The second-order valence-corrected chi connectivity index (χ2v) is 7.53. The van der Waals surface area contributed by atoms with Gasteiger partial charge in [0.15, 0.2) is 0 Å². The molecule has 5 nitrogen and oxygen atoms in total. The summed E-state index contributed by atoms with van der Waals surface area (Å²) in [5, 5.41) is 6.19. The molecule has 0 fully saturated rings. The van der Waals surface area contributed by atoms with E-state index in [1.54, 1.807) is 32.9 Å². The highest BCUT2D eigenvalue weighted by molar-refractivity contribution is 6.30. The van der Waals surface area contributed by atoms with E-state index < -0.39 is 17.2 Å². The highest BCUT2D eigenvalue weighted by Gasteiger charge is 2.25. The molecule has 6 heteroatoms. The molecule has 1 rings (SSSR count). The Labute approximate surface area is 142 Å². The molecule has 0 aliphatic heterocycles. The number of carbonyl (C=O) groups excluding carboxylic acids is 2. The van der Waals surface area contributed by atoms with E-state index in [1.807, 2.05) is 26.0 Å². The molecule has 1 aromatic rings. The Morgan fingerprint density at radius 3 is 2.17 bits per heavy atom. The van der Waals surface area contributed by atoms with E-state index in [2.05, 4.69) is 10.6 Å². The first-order chi connectivity index (χ1) is 10.5. The summed E-state index contributed by atoms with van der Waals surface area (Å²) in [5.74, 6) is -0.119. The van der Waals surface area contributed by atoms with Gasteiger partial charge in [-0.15, -0.1) is 0 Å². The number of nitrogens with one attached hydrogen (secondary N) is 2. The van der Waals surface area contributed by atoms with Gasteiger partial charge >= 0.3 is 6.09 Å². The third-order valence-electron chi connectivity index (χ3n) is 2.84. The van der Waals surface area contributed by atoms with Crippen LogP contribution in [0.1, 0.15) is 40.2 Å². The molecule has 0 aliphatic carbocycles. The number of halogens is 1. The number of rotatable bonds is 5. The van der Waals surface area contributed by atoms with Crippen molar-refractivity contribution in [3.8, 4) is 0 Å². The summed E-state index contributed by atoms with van der Waals surface area (Å²) in [5.41, 5.74) is -0.291.